The van der Waals surface area contributed by atoms with Crippen LogP contribution in [0.4, 0.5) is 5.82 Å². The molecule has 6 heteroatoms. The van der Waals surface area contributed by atoms with Crippen LogP contribution in [-0.2, 0) is 6.54 Å². The fraction of sp³-hybridized carbons (Fsp3) is 0.500. The Bertz CT molecular complexity index is 297. The zero-order valence-corrected chi connectivity index (χ0v) is 7.49. The van der Waals surface area contributed by atoms with Gasteiger partial charge in [-0.15, -0.1) is 0 Å². The highest BCUT2D eigenvalue weighted by molar-refractivity contribution is 7.80. The smallest absolute Gasteiger partial charge is 0.358 e. The van der Waals surface area contributed by atoms with Crippen LogP contribution in [0, 0.1) is 17.0 Å². The number of hydrogen-bond donors (Lipinski definition) is 1. The van der Waals surface area contributed by atoms with Crippen LogP contribution in [-0.4, -0.2) is 20.2 Å². The molecule has 12 heavy (non-hydrogen) atoms. The van der Waals surface area contributed by atoms with Gasteiger partial charge in [-0.2, -0.15) is 12.6 Å². The van der Waals surface area contributed by atoms with Crippen LogP contribution in [0.5, 0.6) is 0 Å². The minimum atomic E-state index is -0.498. The van der Waals surface area contributed by atoms with E-state index in [0.717, 1.165) is 0 Å². The van der Waals surface area contributed by atoms with Gasteiger partial charge in [0.2, 0.25) is 5.82 Å². The van der Waals surface area contributed by atoms with Gasteiger partial charge < -0.3 is 14.7 Å². The van der Waals surface area contributed by atoms with Crippen molar-refractivity contribution in [1.82, 2.24) is 9.55 Å². The summed E-state index contributed by atoms with van der Waals surface area (Å²) in [6.45, 7) is 2.38. The molecule has 0 aliphatic heterocycles. The molecule has 0 N–H and O–H groups in total. The Labute approximate surface area is 75.0 Å². The van der Waals surface area contributed by atoms with Crippen LogP contribution in [0.3, 0.4) is 0 Å². The fourth-order valence-electron chi connectivity index (χ4n) is 0.914. The summed E-state index contributed by atoms with van der Waals surface area (Å²) in [5, 5.41) is 10.3. The van der Waals surface area contributed by atoms with Gasteiger partial charge in [-0.05, 0) is 9.91 Å². The van der Waals surface area contributed by atoms with Crippen molar-refractivity contribution in [3.8, 4) is 0 Å². The van der Waals surface area contributed by atoms with Gasteiger partial charge in [0.25, 0.3) is 0 Å². The first-order valence-corrected chi connectivity index (χ1v) is 4.07. The van der Waals surface area contributed by atoms with Gasteiger partial charge in [-0.25, -0.2) is 0 Å². The molecule has 0 aliphatic carbocycles. The van der Waals surface area contributed by atoms with E-state index in [2.05, 4.69) is 17.6 Å². The van der Waals surface area contributed by atoms with E-state index in [1.807, 2.05) is 0 Å². The highest BCUT2D eigenvalue weighted by Gasteiger charge is 2.13. The second kappa shape index (κ2) is 3.57. The van der Waals surface area contributed by atoms with Gasteiger partial charge in [0.05, 0.1) is 0 Å². The Kier molecular flexibility index (Phi) is 2.69. The third-order valence-corrected chi connectivity index (χ3v) is 1.69. The first kappa shape index (κ1) is 9.05. The van der Waals surface area contributed by atoms with E-state index in [0.29, 0.717) is 18.1 Å². The molecular weight excluding hydrogens is 178 g/mol. The van der Waals surface area contributed by atoms with Crippen LogP contribution in [0.1, 0.15) is 5.82 Å². The second-order valence-electron chi connectivity index (χ2n) is 2.32. The van der Waals surface area contributed by atoms with E-state index in [1.54, 1.807) is 11.5 Å². The summed E-state index contributed by atoms with van der Waals surface area (Å²) in [6, 6.07) is 0. The molecular formula is C6H9N3O2S. The maximum atomic E-state index is 10.3. The Morgan fingerprint density at radius 1 is 1.83 bits per heavy atom. The maximum Gasteiger partial charge on any atom is 0.381 e. The van der Waals surface area contributed by atoms with Gasteiger partial charge in [-0.3, -0.25) is 0 Å². The van der Waals surface area contributed by atoms with Crippen molar-refractivity contribution in [2.45, 2.75) is 13.5 Å². The summed E-state index contributed by atoms with van der Waals surface area (Å²) in [4.78, 5) is 13.5. The predicted molar refractivity (Wildman–Crippen MR) is 47.5 cm³/mol. The van der Waals surface area contributed by atoms with Crippen molar-refractivity contribution in [2.24, 2.45) is 0 Å². The van der Waals surface area contributed by atoms with E-state index in [1.165, 1.54) is 6.20 Å². The Balaban J connectivity index is 2.92. The fourth-order valence-corrected chi connectivity index (χ4v) is 1.13. The molecule has 0 atom stereocenters. The number of nitro groups is 1. The highest BCUT2D eigenvalue weighted by atomic mass is 32.1. The first-order chi connectivity index (χ1) is 5.65. The number of aromatic nitrogens is 2. The normalized spacial score (nSPS) is 10.2. The summed E-state index contributed by atoms with van der Waals surface area (Å²) in [7, 11) is 0. The zero-order chi connectivity index (χ0) is 9.14. The molecule has 1 heterocycles. The zero-order valence-electron chi connectivity index (χ0n) is 6.60. The quantitative estimate of drug-likeness (QED) is 0.436. The number of thiol groups is 1. The molecule has 0 radical (unpaired) electrons. The average Bonchev–Trinajstić information content (AvgIpc) is 2.34. The van der Waals surface area contributed by atoms with E-state index >= 15 is 0 Å². The first-order valence-electron chi connectivity index (χ1n) is 3.44. The summed E-state index contributed by atoms with van der Waals surface area (Å²) >= 11 is 4.02. The molecule has 0 aliphatic rings. The molecule has 1 aromatic rings. The van der Waals surface area contributed by atoms with E-state index in [-0.39, 0.29) is 5.82 Å². The second-order valence-corrected chi connectivity index (χ2v) is 2.77. The predicted octanol–water partition coefficient (Wildman–Crippen LogP) is 1.03. The van der Waals surface area contributed by atoms with Crippen LogP contribution >= 0.6 is 12.6 Å². The number of nitrogens with zero attached hydrogens (tertiary/aromatic N) is 3. The number of hydrogen-bond acceptors (Lipinski definition) is 4. The molecule has 0 unspecified atom stereocenters. The lowest BCUT2D eigenvalue weighted by molar-refractivity contribution is -0.389. The van der Waals surface area contributed by atoms with Crippen LogP contribution in [0.2, 0.25) is 0 Å². The molecule has 0 fully saturated rings. The molecule has 0 spiro atoms. The lowest BCUT2D eigenvalue weighted by Gasteiger charge is -1.95. The third kappa shape index (κ3) is 1.76. The highest BCUT2D eigenvalue weighted by Crippen LogP contribution is 2.09. The monoisotopic (exact) mass is 187 g/mol. The number of rotatable bonds is 3. The maximum absolute atomic E-state index is 10.3. The molecule has 1 rings (SSSR count). The van der Waals surface area contributed by atoms with Gasteiger partial charge in [-0.1, -0.05) is 0 Å². The molecule has 0 saturated heterocycles. The van der Waals surface area contributed by atoms with Gasteiger partial charge >= 0.3 is 5.82 Å². The van der Waals surface area contributed by atoms with E-state index < -0.39 is 4.92 Å². The van der Waals surface area contributed by atoms with Crippen molar-refractivity contribution in [2.75, 3.05) is 5.75 Å². The van der Waals surface area contributed by atoms with E-state index in [4.69, 9.17) is 0 Å². The summed E-state index contributed by atoms with van der Waals surface area (Å²) in [6.07, 6.45) is 1.42. The Morgan fingerprint density at radius 2 is 2.50 bits per heavy atom. The molecule has 1 aromatic heterocycles. The average molecular weight is 187 g/mol. The van der Waals surface area contributed by atoms with Crippen LogP contribution < -0.4 is 0 Å². The summed E-state index contributed by atoms with van der Waals surface area (Å²) < 4.78 is 1.71. The number of aryl methyl sites for hydroxylation is 2. The number of imidazole rings is 1. The van der Waals surface area contributed by atoms with Gasteiger partial charge in [0.15, 0.2) is 0 Å². The van der Waals surface area contributed by atoms with Crippen molar-refractivity contribution in [1.29, 1.82) is 0 Å². The molecule has 0 amide bonds. The molecule has 0 bridgehead atoms. The lowest BCUT2D eigenvalue weighted by Crippen LogP contribution is -1.99. The van der Waals surface area contributed by atoms with Gasteiger partial charge in [0.1, 0.15) is 6.20 Å². The summed E-state index contributed by atoms with van der Waals surface area (Å²) in [5.74, 6) is 1.19. The third-order valence-electron chi connectivity index (χ3n) is 1.49. The molecule has 5 nitrogen and oxygen atoms in total. The molecule has 66 valence electrons. The van der Waals surface area contributed by atoms with Crippen molar-refractivity contribution >= 4 is 18.4 Å². The van der Waals surface area contributed by atoms with Crippen molar-refractivity contribution in [3.05, 3.63) is 22.1 Å². The minimum Gasteiger partial charge on any atom is -0.358 e. The molecule has 0 saturated carbocycles. The Hall–Kier alpha value is -1.04. The Morgan fingerprint density at radius 3 is 2.92 bits per heavy atom. The van der Waals surface area contributed by atoms with Crippen LogP contribution in [0.15, 0.2) is 6.20 Å². The topological polar surface area (TPSA) is 61.0 Å². The largest absolute Gasteiger partial charge is 0.381 e. The summed E-state index contributed by atoms with van der Waals surface area (Å²) in [5.41, 5.74) is 0. The minimum absolute atomic E-state index is 0.103. The van der Waals surface area contributed by atoms with Crippen molar-refractivity contribution in [3.63, 3.8) is 0 Å². The standard InChI is InChI=1S/C6H9N3O2S/c1-5-7-6(9(10)11)4-8(5)2-3-12/h4,12H,2-3H2,1H3. The lowest BCUT2D eigenvalue weighted by atomic mass is 10.6. The SMILES string of the molecule is Cc1nc([N+](=O)[O-])cn1CCS. The van der Waals surface area contributed by atoms with Crippen molar-refractivity contribution < 1.29 is 4.92 Å². The van der Waals surface area contributed by atoms with Crippen LogP contribution in [0.25, 0.3) is 0 Å². The van der Waals surface area contributed by atoms with E-state index in [9.17, 15) is 10.1 Å². The van der Waals surface area contributed by atoms with Gasteiger partial charge in [0, 0.05) is 19.2 Å². The molecule has 0 aromatic carbocycles.